The molecular formula is C14H21N3O2. The van der Waals surface area contributed by atoms with E-state index in [-0.39, 0.29) is 11.8 Å². The molecule has 2 atom stereocenters. The van der Waals surface area contributed by atoms with E-state index < -0.39 is 12.1 Å². The number of amides is 3. The molecule has 0 heterocycles. The van der Waals surface area contributed by atoms with E-state index >= 15 is 0 Å². The van der Waals surface area contributed by atoms with Crippen LogP contribution >= 0.6 is 0 Å². The van der Waals surface area contributed by atoms with Gasteiger partial charge in [0.2, 0.25) is 5.91 Å². The molecule has 19 heavy (non-hydrogen) atoms. The maximum atomic E-state index is 12.1. The van der Waals surface area contributed by atoms with Crippen LogP contribution < -0.4 is 16.4 Å². The maximum Gasteiger partial charge on any atom is 0.312 e. The van der Waals surface area contributed by atoms with Crippen molar-refractivity contribution in [3.8, 4) is 0 Å². The maximum absolute atomic E-state index is 12.1. The second-order valence-corrected chi connectivity index (χ2v) is 4.58. The lowest BCUT2D eigenvalue weighted by molar-refractivity contribution is -0.124. The highest BCUT2D eigenvalue weighted by Crippen LogP contribution is 2.08. The van der Waals surface area contributed by atoms with E-state index in [1.165, 1.54) is 0 Å². The molecule has 1 aromatic rings. The summed E-state index contributed by atoms with van der Waals surface area (Å²) in [6.45, 7) is 4.31. The van der Waals surface area contributed by atoms with Crippen molar-refractivity contribution in [3.05, 3.63) is 35.9 Å². The van der Waals surface area contributed by atoms with Crippen molar-refractivity contribution in [2.24, 2.45) is 11.7 Å². The van der Waals surface area contributed by atoms with Gasteiger partial charge in [0.15, 0.2) is 0 Å². The smallest absolute Gasteiger partial charge is 0.312 e. The SMILES string of the molecule is CC[C@H](C)[C@H](NC(N)=O)C(=O)NCc1ccccc1. The number of urea groups is 1. The Morgan fingerprint density at radius 2 is 1.89 bits per heavy atom. The van der Waals surface area contributed by atoms with Crippen LogP contribution in [0.2, 0.25) is 0 Å². The minimum atomic E-state index is -0.680. The molecule has 0 aliphatic carbocycles. The van der Waals surface area contributed by atoms with E-state index in [1.54, 1.807) is 0 Å². The Kier molecular flexibility index (Phi) is 5.85. The topological polar surface area (TPSA) is 84.2 Å². The number of rotatable bonds is 6. The first-order chi connectivity index (χ1) is 9.04. The summed E-state index contributed by atoms with van der Waals surface area (Å²) in [6.07, 6.45) is 0.781. The molecule has 4 N–H and O–H groups in total. The van der Waals surface area contributed by atoms with Gasteiger partial charge >= 0.3 is 6.03 Å². The van der Waals surface area contributed by atoms with Crippen molar-refractivity contribution >= 4 is 11.9 Å². The van der Waals surface area contributed by atoms with Crippen molar-refractivity contribution < 1.29 is 9.59 Å². The van der Waals surface area contributed by atoms with E-state index in [0.717, 1.165) is 12.0 Å². The highest BCUT2D eigenvalue weighted by Gasteiger charge is 2.24. The monoisotopic (exact) mass is 263 g/mol. The van der Waals surface area contributed by atoms with Gasteiger partial charge in [-0.1, -0.05) is 50.6 Å². The molecule has 1 rings (SSSR count). The van der Waals surface area contributed by atoms with E-state index in [9.17, 15) is 9.59 Å². The molecule has 5 nitrogen and oxygen atoms in total. The summed E-state index contributed by atoms with van der Waals surface area (Å²) in [5, 5.41) is 5.30. The third-order valence-electron chi connectivity index (χ3n) is 3.10. The number of benzene rings is 1. The van der Waals surface area contributed by atoms with Crippen LogP contribution in [0.15, 0.2) is 30.3 Å². The molecule has 0 spiro atoms. The van der Waals surface area contributed by atoms with Crippen LogP contribution in [0.3, 0.4) is 0 Å². The molecule has 0 aliphatic rings. The van der Waals surface area contributed by atoms with Gasteiger partial charge < -0.3 is 16.4 Å². The predicted octanol–water partition coefficient (Wildman–Crippen LogP) is 1.39. The molecule has 0 aromatic heterocycles. The minimum Gasteiger partial charge on any atom is -0.352 e. The van der Waals surface area contributed by atoms with E-state index in [4.69, 9.17) is 5.73 Å². The minimum absolute atomic E-state index is 0.0308. The van der Waals surface area contributed by atoms with Gasteiger partial charge in [0, 0.05) is 6.54 Å². The van der Waals surface area contributed by atoms with Crippen molar-refractivity contribution in [3.63, 3.8) is 0 Å². The van der Waals surface area contributed by atoms with Gasteiger partial charge in [-0.2, -0.15) is 0 Å². The fraction of sp³-hybridized carbons (Fsp3) is 0.429. The fourth-order valence-corrected chi connectivity index (χ4v) is 1.75. The number of nitrogens with one attached hydrogen (secondary N) is 2. The van der Waals surface area contributed by atoms with Crippen LogP contribution in [-0.4, -0.2) is 18.0 Å². The van der Waals surface area contributed by atoms with Crippen molar-refractivity contribution in [2.75, 3.05) is 0 Å². The summed E-state index contributed by atoms with van der Waals surface area (Å²) in [6, 6.07) is 8.33. The molecule has 104 valence electrons. The van der Waals surface area contributed by atoms with E-state index in [0.29, 0.717) is 6.54 Å². The fourth-order valence-electron chi connectivity index (χ4n) is 1.75. The van der Waals surface area contributed by atoms with Crippen molar-refractivity contribution in [2.45, 2.75) is 32.9 Å². The zero-order valence-electron chi connectivity index (χ0n) is 11.3. The lowest BCUT2D eigenvalue weighted by Gasteiger charge is -2.22. The largest absolute Gasteiger partial charge is 0.352 e. The average molecular weight is 263 g/mol. The zero-order valence-corrected chi connectivity index (χ0v) is 11.3. The number of nitrogens with two attached hydrogens (primary N) is 1. The Morgan fingerprint density at radius 1 is 1.26 bits per heavy atom. The second-order valence-electron chi connectivity index (χ2n) is 4.58. The molecule has 0 fully saturated rings. The number of carbonyl (C=O) groups is 2. The summed E-state index contributed by atoms with van der Waals surface area (Å²) >= 11 is 0. The number of hydrogen-bond acceptors (Lipinski definition) is 2. The first-order valence-corrected chi connectivity index (χ1v) is 6.42. The van der Waals surface area contributed by atoms with Gasteiger partial charge in [-0.15, -0.1) is 0 Å². The molecule has 0 bridgehead atoms. The Bertz CT molecular complexity index is 420. The standard InChI is InChI=1S/C14H21N3O2/c1-3-10(2)12(17-14(15)19)13(18)16-9-11-7-5-4-6-8-11/h4-8,10,12H,3,9H2,1-2H3,(H,16,18)(H3,15,17,19)/t10-,12-/m0/s1. The highest BCUT2D eigenvalue weighted by atomic mass is 16.2. The third kappa shape index (κ3) is 4.99. The Hall–Kier alpha value is -2.04. The molecular weight excluding hydrogens is 242 g/mol. The van der Waals surface area contributed by atoms with Crippen LogP contribution in [0.1, 0.15) is 25.8 Å². The quantitative estimate of drug-likeness (QED) is 0.724. The summed E-state index contributed by atoms with van der Waals surface area (Å²) < 4.78 is 0. The summed E-state index contributed by atoms with van der Waals surface area (Å²) in [4.78, 5) is 23.0. The highest BCUT2D eigenvalue weighted by molar-refractivity contribution is 5.86. The molecule has 3 amide bonds. The van der Waals surface area contributed by atoms with Crippen molar-refractivity contribution in [1.82, 2.24) is 10.6 Å². The summed E-state index contributed by atoms with van der Waals surface area (Å²) in [5.41, 5.74) is 6.11. The van der Waals surface area contributed by atoms with Crippen LogP contribution in [-0.2, 0) is 11.3 Å². The van der Waals surface area contributed by atoms with Crippen LogP contribution in [0.5, 0.6) is 0 Å². The number of hydrogen-bond donors (Lipinski definition) is 3. The van der Waals surface area contributed by atoms with Gasteiger partial charge in [-0.25, -0.2) is 4.79 Å². The molecule has 0 saturated carbocycles. The normalized spacial score (nSPS) is 13.4. The molecule has 0 radical (unpaired) electrons. The van der Waals surface area contributed by atoms with Gasteiger partial charge in [-0.3, -0.25) is 4.79 Å². The van der Waals surface area contributed by atoms with Gasteiger partial charge in [0.05, 0.1) is 0 Å². The lowest BCUT2D eigenvalue weighted by atomic mass is 9.98. The average Bonchev–Trinajstić information content (AvgIpc) is 2.42. The zero-order chi connectivity index (χ0) is 14.3. The van der Waals surface area contributed by atoms with E-state index in [1.807, 2.05) is 44.2 Å². The Labute approximate surface area is 113 Å². The first kappa shape index (κ1) is 15.0. The first-order valence-electron chi connectivity index (χ1n) is 6.42. The number of carbonyl (C=O) groups excluding carboxylic acids is 2. The molecule has 0 unspecified atom stereocenters. The van der Waals surface area contributed by atoms with Crippen molar-refractivity contribution in [1.29, 1.82) is 0 Å². The summed E-state index contributed by atoms with van der Waals surface area (Å²) in [5.74, 6) is -0.180. The van der Waals surface area contributed by atoms with E-state index in [2.05, 4.69) is 10.6 Å². The molecule has 0 saturated heterocycles. The predicted molar refractivity (Wildman–Crippen MR) is 74.3 cm³/mol. The van der Waals surface area contributed by atoms with Gasteiger partial charge in [0.1, 0.15) is 6.04 Å². The summed E-state index contributed by atoms with van der Waals surface area (Å²) in [7, 11) is 0. The lowest BCUT2D eigenvalue weighted by Crippen LogP contribution is -2.51. The Morgan fingerprint density at radius 3 is 2.42 bits per heavy atom. The molecule has 0 aliphatic heterocycles. The molecule has 1 aromatic carbocycles. The molecule has 5 heteroatoms. The van der Waals surface area contributed by atoms with Crippen LogP contribution in [0.25, 0.3) is 0 Å². The number of primary amides is 1. The second kappa shape index (κ2) is 7.41. The van der Waals surface area contributed by atoms with Crippen LogP contribution in [0.4, 0.5) is 4.79 Å². The van der Waals surface area contributed by atoms with Crippen LogP contribution in [0, 0.1) is 5.92 Å². The third-order valence-corrected chi connectivity index (χ3v) is 3.10. The Balaban J connectivity index is 2.59. The van der Waals surface area contributed by atoms with Gasteiger partial charge in [-0.05, 0) is 11.5 Å². The van der Waals surface area contributed by atoms with Gasteiger partial charge in [0.25, 0.3) is 0 Å².